The van der Waals surface area contributed by atoms with Crippen LogP contribution in [0.4, 0.5) is 10.3 Å². The molecule has 188 valence electrons. The first kappa shape index (κ1) is 25.5. The zero-order chi connectivity index (χ0) is 26.1. The van der Waals surface area contributed by atoms with Crippen LogP contribution in [-0.4, -0.2) is 37.8 Å². The largest absolute Gasteiger partial charge is 0.384 e. The molecule has 10 nitrogen and oxygen atoms in total. The molecule has 0 saturated heterocycles. The van der Waals surface area contributed by atoms with Crippen LogP contribution in [0.3, 0.4) is 0 Å². The van der Waals surface area contributed by atoms with Crippen molar-refractivity contribution in [1.29, 1.82) is 5.26 Å². The Kier molecular flexibility index (Phi) is 7.38. The number of thioether (sulfide) groups is 1. The van der Waals surface area contributed by atoms with Crippen molar-refractivity contribution in [2.24, 2.45) is 5.73 Å². The number of halogens is 1. The molecule has 14 heteroatoms. The highest BCUT2D eigenvalue weighted by Crippen LogP contribution is 2.48. The SMILES string of the molecule is Cc1nnc(NC(=O)CSc2nnc(N3C(N)=C(C#N)C(c4ccccc4Br)C4=C3CCCC4=O)s2)s1. The number of aryl methyl sites for hydroxylation is 1. The van der Waals surface area contributed by atoms with E-state index in [1.54, 1.807) is 4.90 Å². The number of benzene rings is 1. The number of carbonyl (C=O) groups is 2. The lowest BCUT2D eigenvalue weighted by atomic mass is 9.76. The van der Waals surface area contributed by atoms with Crippen molar-refractivity contribution in [2.75, 3.05) is 16.0 Å². The second-order valence-electron chi connectivity index (χ2n) is 8.15. The van der Waals surface area contributed by atoms with Crippen molar-refractivity contribution < 1.29 is 9.59 Å². The zero-order valence-electron chi connectivity index (χ0n) is 19.4. The molecule has 3 aromatic rings. The monoisotopic (exact) mass is 614 g/mol. The zero-order valence-corrected chi connectivity index (χ0v) is 23.4. The molecule has 3 N–H and O–H groups in total. The van der Waals surface area contributed by atoms with Crippen LogP contribution in [-0.2, 0) is 9.59 Å². The number of Topliss-reactive ketones (excluding diaryl/α,β-unsaturated/α-hetero) is 1. The molecule has 0 bridgehead atoms. The van der Waals surface area contributed by atoms with E-state index in [2.05, 4.69) is 47.7 Å². The summed E-state index contributed by atoms with van der Waals surface area (Å²) < 4.78 is 1.36. The number of nitrogens with zero attached hydrogens (tertiary/aromatic N) is 6. The van der Waals surface area contributed by atoms with Crippen molar-refractivity contribution >= 4 is 72.3 Å². The molecule has 1 atom stereocenters. The molecule has 37 heavy (non-hydrogen) atoms. The average molecular weight is 616 g/mol. The summed E-state index contributed by atoms with van der Waals surface area (Å²) in [6.07, 6.45) is 1.71. The van der Waals surface area contributed by atoms with Gasteiger partial charge in [0.1, 0.15) is 10.8 Å². The number of anilines is 2. The van der Waals surface area contributed by atoms with E-state index in [9.17, 15) is 14.9 Å². The van der Waals surface area contributed by atoms with Gasteiger partial charge in [0, 0.05) is 22.2 Å². The number of nitriles is 1. The molecular formula is C23H19BrN8O2S3. The summed E-state index contributed by atoms with van der Waals surface area (Å²) in [5.41, 5.74) is 9.01. The minimum absolute atomic E-state index is 0.00468. The van der Waals surface area contributed by atoms with E-state index in [-0.39, 0.29) is 28.8 Å². The summed E-state index contributed by atoms with van der Waals surface area (Å²) in [4.78, 5) is 27.2. The van der Waals surface area contributed by atoms with Gasteiger partial charge in [-0.2, -0.15) is 5.26 Å². The van der Waals surface area contributed by atoms with Crippen LogP contribution in [0.2, 0.25) is 0 Å². The van der Waals surface area contributed by atoms with Gasteiger partial charge in [-0.25, -0.2) is 0 Å². The van der Waals surface area contributed by atoms with E-state index < -0.39 is 5.92 Å². The molecule has 5 rings (SSSR count). The molecule has 2 aliphatic rings. The first-order valence-electron chi connectivity index (χ1n) is 11.1. The fourth-order valence-electron chi connectivity index (χ4n) is 4.31. The van der Waals surface area contributed by atoms with Gasteiger partial charge in [0.2, 0.25) is 16.2 Å². The topological polar surface area (TPSA) is 151 Å². The number of nitrogens with two attached hydrogens (primary N) is 1. The number of hydrogen-bond acceptors (Lipinski definition) is 12. The number of aromatic nitrogens is 4. The Labute approximate surface area is 232 Å². The van der Waals surface area contributed by atoms with Crippen LogP contribution in [0.25, 0.3) is 0 Å². The highest BCUT2D eigenvalue weighted by Gasteiger charge is 2.41. The number of nitrogens with one attached hydrogen (secondary N) is 1. The summed E-state index contributed by atoms with van der Waals surface area (Å²) in [5, 5.41) is 30.8. The van der Waals surface area contributed by atoms with Crippen molar-refractivity contribution in [2.45, 2.75) is 36.4 Å². The van der Waals surface area contributed by atoms with Gasteiger partial charge in [0.05, 0.1) is 23.3 Å². The van der Waals surface area contributed by atoms with Crippen LogP contribution in [0.5, 0.6) is 0 Å². The lowest BCUT2D eigenvalue weighted by Gasteiger charge is -2.38. The third-order valence-corrected chi connectivity index (χ3v) is 9.33. The molecular weight excluding hydrogens is 596 g/mol. The second kappa shape index (κ2) is 10.7. The molecule has 0 spiro atoms. The number of rotatable bonds is 6. The molecule has 1 aliphatic heterocycles. The highest BCUT2D eigenvalue weighted by molar-refractivity contribution is 9.10. The van der Waals surface area contributed by atoms with E-state index in [1.807, 2.05) is 31.2 Å². The maximum absolute atomic E-state index is 13.2. The van der Waals surface area contributed by atoms with Gasteiger partial charge in [0.25, 0.3) is 0 Å². The summed E-state index contributed by atoms with van der Waals surface area (Å²) >= 11 is 7.35. The van der Waals surface area contributed by atoms with Crippen molar-refractivity contribution in [3.05, 3.63) is 62.0 Å². The number of ketones is 1. The maximum Gasteiger partial charge on any atom is 0.236 e. The fraction of sp³-hybridized carbons (Fsp3) is 0.261. The average Bonchev–Trinajstić information content (AvgIpc) is 3.51. The normalized spacial score (nSPS) is 17.6. The quantitative estimate of drug-likeness (QED) is 0.380. The van der Waals surface area contributed by atoms with E-state index >= 15 is 0 Å². The maximum atomic E-state index is 13.2. The van der Waals surface area contributed by atoms with Gasteiger partial charge in [-0.3, -0.25) is 19.8 Å². The van der Waals surface area contributed by atoms with Gasteiger partial charge in [-0.05, 0) is 31.4 Å². The van der Waals surface area contributed by atoms with Gasteiger partial charge >= 0.3 is 0 Å². The number of carbonyl (C=O) groups excluding carboxylic acids is 2. The standard InChI is InChI=1S/C23H19BrN8O2S3/c1-11-28-29-21(36-11)27-17(34)10-35-23-31-30-22(37-23)32-15-7-4-8-16(33)19(15)18(13(9-25)20(32)26)12-5-2-3-6-14(12)24/h2-3,5-6,18H,4,7-8,10,26H2,1H3,(H,27,29,34). The molecule has 3 heterocycles. The van der Waals surface area contributed by atoms with Gasteiger partial charge in [-0.15, -0.1) is 20.4 Å². The summed E-state index contributed by atoms with van der Waals surface area (Å²) in [6, 6.07) is 9.79. The number of allylic oxidation sites excluding steroid dienone is 3. The minimum Gasteiger partial charge on any atom is -0.384 e. The van der Waals surface area contributed by atoms with Crippen molar-refractivity contribution in [1.82, 2.24) is 20.4 Å². The molecule has 0 radical (unpaired) electrons. The van der Waals surface area contributed by atoms with Crippen LogP contribution < -0.4 is 16.0 Å². The number of hydrogen-bond donors (Lipinski definition) is 2. The predicted molar refractivity (Wildman–Crippen MR) is 146 cm³/mol. The third-order valence-electron chi connectivity index (χ3n) is 5.82. The fourth-order valence-corrected chi connectivity index (χ4v) is 7.11. The van der Waals surface area contributed by atoms with Crippen LogP contribution in [0, 0.1) is 18.3 Å². The predicted octanol–water partition coefficient (Wildman–Crippen LogP) is 4.50. The van der Waals surface area contributed by atoms with Crippen LogP contribution >= 0.6 is 50.4 Å². The summed E-state index contributed by atoms with van der Waals surface area (Å²) in [5.74, 6) is -0.461. The first-order valence-corrected chi connectivity index (χ1v) is 14.5. The third kappa shape index (κ3) is 5.04. The van der Waals surface area contributed by atoms with Gasteiger partial charge < -0.3 is 5.73 Å². The van der Waals surface area contributed by atoms with E-state index in [0.717, 1.165) is 20.7 Å². The van der Waals surface area contributed by atoms with Crippen molar-refractivity contribution in [3.8, 4) is 6.07 Å². The molecule has 1 unspecified atom stereocenters. The van der Waals surface area contributed by atoms with E-state index in [1.165, 1.54) is 34.4 Å². The molecule has 1 aliphatic carbocycles. The molecule has 1 aromatic carbocycles. The summed E-state index contributed by atoms with van der Waals surface area (Å²) in [7, 11) is 0. The van der Waals surface area contributed by atoms with Crippen molar-refractivity contribution in [3.63, 3.8) is 0 Å². The lowest BCUT2D eigenvalue weighted by Crippen LogP contribution is -2.38. The Balaban J connectivity index is 1.44. The Morgan fingerprint density at radius 1 is 1.27 bits per heavy atom. The smallest absolute Gasteiger partial charge is 0.236 e. The Morgan fingerprint density at radius 2 is 2.08 bits per heavy atom. The minimum atomic E-state index is -0.561. The Bertz CT molecular complexity index is 1510. The molecule has 2 aromatic heterocycles. The Morgan fingerprint density at radius 3 is 2.81 bits per heavy atom. The van der Waals surface area contributed by atoms with Crippen LogP contribution in [0.15, 0.2) is 55.7 Å². The lowest BCUT2D eigenvalue weighted by molar-refractivity contribution is -0.116. The number of amides is 1. The summed E-state index contributed by atoms with van der Waals surface area (Å²) in [6.45, 7) is 1.81. The molecule has 0 saturated carbocycles. The van der Waals surface area contributed by atoms with Crippen LogP contribution in [0.1, 0.15) is 35.8 Å². The van der Waals surface area contributed by atoms with Gasteiger partial charge in [-0.1, -0.05) is 68.6 Å². The molecule has 0 fully saturated rings. The first-order chi connectivity index (χ1) is 17.9. The van der Waals surface area contributed by atoms with E-state index in [0.29, 0.717) is 39.4 Å². The second-order valence-corrected chi connectivity index (χ2v) is 12.4. The molecule has 1 amide bonds. The van der Waals surface area contributed by atoms with Gasteiger partial charge in [0.15, 0.2) is 10.1 Å². The van der Waals surface area contributed by atoms with E-state index in [4.69, 9.17) is 5.73 Å². The Hall–Kier alpha value is -3.12. The highest BCUT2D eigenvalue weighted by atomic mass is 79.9.